The first-order valence-electron chi connectivity index (χ1n) is 6.64. The van der Waals surface area contributed by atoms with Gasteiger partial charge in [0.2, 0.25) is 0 Å². The second-order valence-electron chi connectivity index (χ2n) is 5.02. The lowest BCUT2D eigenvalue weighted by molar-refractivity contribution is 0.0927. The molecule has 0 aliphatic heterocycles. The van der Waals surface area contributed by atoms with Gasteiger partial charge >= 0.3 is 0 Å². The lowest BCUT2D eigenvalue weighted by Crippen LogP contribution is -2.32. The van der Waals surface area contributed by atoms with Gasteiger partial charge in [-0.2, -0.15) is 0 Å². The van der Waals surface area contributed by atoms with Crippen LogP contribution in [0.1, 0.15) is 35.1 Å². The number of thiophene rings is 1. The van der Waals surface area contributed by atoms with Crippen LogP contribution in [0, 0.1) is 11.7 Å². The summed E-state index contributed by atoms with van der Waals surface area (Å²) >= 11 is 1.58. The van der Waals surface area contributed by atoms with Crippen molar-refractivity contribution in [1.82, 2.24) is 5.32 Å². The number of amides is 1. The van der Waals surface area contributed by atoms with Crippen LogP contribution < -0.4 is 16.6 Å². The summed E-state index contributed by atoms with van der Waals surface area (Å²) in [4.78, 5) is 13.5. The molecule has 1 aromatic heterocycles. The SMILES string of the molecule is CC(C)C(NC(=O)c1cccc(F)c1NN)c1cccs1. The Kier molecular flexibility index (Phi) is 4.93. The van der Waals surface area contributed by atoms with Crippen molar-refractivity contribution in [2.45, 2.75) is 19.9 Å². The van der Waals surface area contributed by atoms with E-state index in [0.29, 0.717) is 0 Å². The van der Waals surface area contributed by atoms with E-state index in [9.17, 15) is 9.18 Å². The van der Waals surface area contributed by atoms with Crippen LogP contribution in [0.3, 0.4) is 0 Å². The summed E-state index contributed by atoms with van der Waals surface area (Å²) in [6.07, 6.45) is 0. The average molecular weight is 307 g/mol. The Hall–Kier alpha value is -1.92. The van der Waals surface area contributed by atoms with E-state index in [1.54, 1.807) is 17.4 Å². The number of nitrogen functional groups attached to an aromatic ring is 1. The third-order valence-electron chi connectivity index (χ3n) is 3.21. The predicted octanol–water partition coefficient (Wildman–Crippen LogP) is 3.30. The first-order valence-corrected chi connectivity index (χ1v) is 7.52. The Morgan fingerprint density at radius 1 is 1.29 bits per heavy atom. The van der Waals surface area contributed by atoms with Crippen LogP contribution in [0.15, 0.2) is 35.7 Å². The summed E-state index contributed by atoms with van der Waals surface area (Å²) in [5.41, 5.74) is 2.45. The third kappa shape index (κ3) is 3.40. The van der Waals surface area contributed by atoms with E-state index in [4.69, 9.17) is 5.84 Å². The lowest BCUT2D eigenvalue weighted by atomic mass is 10.0. The molecule has 1 atom stereocenters. The molecule has 4 N–H and O–H groups in total. The molecular formula is C15H18FN3OS. The van der Waals surface area contributed by atoms with Crippen molar-refractivity contribution in [3.63, 3.8) is 0 Å². The van der Waals surface area contributed by atoms with Crippen LogP contribution in [0.25, 0.3) is 0 Å². The number of para-hydroxylation sites is 1. The van der Waals surface area contributed by atoms with Gasteiger partial charge in [-0.25, -0.2) is 4.39 Å². The van der Waals surface area contributed by atoms with Gasteiger partial charge in [-0.05, 0) is 29.5 Å². The van der Waals surface area contributed by atoms with Gasteiger partial charge in [-0.3, -0.25) is 10.6 Å². The quantitative estimate of drug-likeness (QED) is 0.586. The van der Waals surface area contributed by atoms with Crippen LogP contribution in [-0.4, -0.2) is 5.91 Å². The average Bonchev–Trinajstić information content (AvgIpc) is 2.97. The minimum Gasteiger partial charge on any atom is -0.344 e. The highest BCUT2D eigenvalue weighted by atomic mass is 32.1. The standard InChI is InChI=1S/C15H18FN3OS/c1-9(2)13(12-7-4-8-21-12)18-15(20)10-5-3-6-11(16)14(10)19-17/h3-9,13,19H,17H2,1-2H3,(H,18,20). The minimum absolute atomic E-state index is 0.00341. The van der Waals surface area contributed by atoms with Crippen molar-refractivity contribution in [2.24, 2.45) is 11.8 Å². The molecular weight excluding hydrogens is 289 g/mol. The second kappa shape index (κ2) is 6.69. The minimum atomic E-state index is -0.553. The number of carbonyl (C=O) groups excluding carboxylic acids is 1. The highest BCUT2D eigenvalue weighted by molar-refractivity contribution is 7.10. The Balaban J connectivity index is 2.26. The van der Waals surface area contributed by atoms with Crippen molar-refractivity contribution >= 4 is 22.9 Å². The van der Waals surface area contributed by atoms with E-state index in [1.807, 2.05) is 31.4 Å². The van der Waals surface area contributed by atoms with E-state index >= 15 is 0 Å². The summed E-state index contributed by atoms with van der Waals surface area (Å²) in [6, 6.07) is 8.08. The van der Waals surface area contributed by atoms with Crippen molar-refractivity contribution in [3.8, 4) is 0 Å². The fourth-order valence-electron chi connectivity index (χ4n) is 2.11. The van der Waals surface area contributed by atoms with Gasteiger partial charge in [-0.15, -0.1) is 11.3 Å². The Morgan fingerprint density at radius 2 is 2.05 bits per heavy atom. The summed E-state index contributed by atoms with van der Waals surface area (Å²) in [7, 11) is 0. The van der Waals surface area contributed by atoms with Crippen molar-refractivity contribution in [1.29, 1.82) is 0 Å². The number of rotatable bonds is 5. The fraction of sp³-hybridized carbons (Fsp3) is 0.267. The van der Waals surface area contributed by atoms with Gasteiger partial charge in [0, 0.05) is 4.88 Å². The van der Waals surface area contributed by atoms with Crippen LogP contribution in [0.5, 0.6) is 0 Å². The number of nitrogens with two attached hydrogens (primary N) is 1. The number of hydrogen-bond donors (Lipinski definition) is 3. The molecule has 1 heterocycles. The first-order chi connectivity index (χ1) is 10.0. The van der Waals surface area contributed by atoms with Gasteiger partial charge < -0.3 is 10.7 Å². The Bertz CT molecular complexity index is 613. The van der Waals surface area contributed by atoms with E-state index in [1.165, 1.54) is 12.1 Å². The molecule has 0 saturated heterocycles. The highest BCUT2D eigenvalue weighted by Crippen LogP contribution is 2.27. The normalized spacial score (nSPS) is 12.2. The molecule has 0 fully saturated rings. The summed E-state index contributed by atoms with van der Waals surface area (Å²) < 4.78 is 13.7. The van der Waals surface area contributed by atoms with Gasteiger partial charge in [-0.1, -0.05) is 26.0 Å². The summed E-state index contributed by atoms with van der Waals surface area (Å²) in [6.45, 7) is 4.05. The van der Waals surface area contributed by atoms with E-state index < -0.39 is 5.82 Å². The van der Waals surface area contributed by atoms with Crippen LogP contribution in [0.2, 0.25) is 0 Å². The smallest absolute Gasteiger partial charge is 0.254 e. The molecule has 2 rings (SSSR count). The molecule has 1 unspecified atom stereocenters. The number of anilines is 1. The molecule has 1 amide bonds. The van der Waals surface area contributed by atoms with Crippen molar-refractivity contribution < 1.29 is 9.18 Å². The Labute approximate surface area is 127 Å². The number of hydrogen-bond acceptors (Lipinski definition) is 4. The fourth-order valence-corrected chi connectivity index (χ4v) is 3.06. The van der Waals surface area contributed by atoms with E-state index in [2.05, 4.69) is 10.7 Å². The zero-order valence-electron chi connectivity index (χ0n) is 11.9. The maximum atomic E-state index is 13.7. The number of nitrogens with one attached hydrogen (secondary N) is 2. The maximum Gasteiger partial charge on any atom is 0.254 e. The number of benzene rings is 1. The topological polar surface area (TPSA) is 67.2 Å². The van der Waals surface area contributed by atoms with Gasteiger partial charge in [0.15, 0.2) is 0 Å². The molecule has 0 radical (unpaired) electrons. The zero-order valence-corrected chi connectivity index (χ0v) is 12.7. The third-order valence-corrected chi connectivity index (χ3v) is 4.16. The Morgan fingerprint density at radius 3 is 2.62 bits per heavy atom. The second-order valence-corrected chi connectivity index (χ2v) is 6.00. The largest absolute Gasteiger partial charge is 0.344 e. The summed E-state index contributed by atoms with van der Waals surface area (Å²) in [5, 5.41) is 4.91. The molecule has 112 valence electrons. The van der Waals surface area contributed by atoms with Crippen molar-refractivity contribution in [2.75, 3.05) is 5.43 Å². The maximum absolute atomic E-state index is 13.7. The molecule has 1 aromatic carbocycles. The lowest BCUT2D eigenvalue weighted by Gasteiger charge is -2.22. The van der Waals surface area contributed by atoms with Crippen LogP contribution >= 0.6 is 11.3 Å². The van der Waals surface area contributed by atoms with E-state index in [-0.39, 0.29) is 29.1 Å². The molecule has 0 saturated carbocycles. The number of hydrazine groups is 1. The first kappa shape index (κ1) is 15.5. The molecule has 2 aromatic rings. The van der Waals surface area contributed by atoms with Crippen molar-refractivity contribution in [3.05, 3.63) is 52.0 Å². The number of halogens is 1. The molecule has 0 aliphatic rings. The molecule has 4 nitrogen and oxygen atoms in total. The molecule has 0 spiro atoms. The van der Waals surface area contributed by atoms with E-state index in [0.717, 1.165) is 4.88 Å². The molecule has 6 heteroatoms. The monoisotopic (exact) mass is 307 g/mol. The van der Waals surface area contributed by atoms with Gasteiger partial charge in [0.05, 0.1) is 17.3 Å². The van der Waals surface area contributed by atoms with Crippen LogP contribution in [0.4, 0.5) is 10.1 Å². The predicted molar refractivity (Wildman–Crippen MR) is 83.6 cm³/mol. The zero-order chi connectivity index (χ0) is 15.4. The van der Waals surface area contributed by atoms with Gasteiger partial charge in [0.25, 0.3) is 5.91 Å². The molecule has 0 bridgehead atoms. The highest BCUT2D eigenvalue weighted by Gasteiger charge is 2.22. The van der Waals surface area contributed by atoms with Gasteiger partial charge in [0.1, 0.15) is 5.82 Å². The number of carbonyl (C=O) groups is 1. The summed E-state index contributed by atoms with van der Waals surface area (Å²) in [5.74, 6) is 4.62. The van der Waals surface area contributed by atoms with Crippen LogP contribution in [-0.2, 0) is 0 Å². The molecule has 21 heavy (non-hydrogen) atoms. The molecule has 0 aliphatic carbocycles.